The SMILES string of the molecule is CC1CCN(C[C@H](O)CN2C(=O)[C@@H]3CC=CC[C@H]3C2=O)CC1. The van der Waals surface area contributed by atoms with Crippen molar-refractivity contribution >= 4 is 11.8 Å². The summed E-state index contributed by atoms with van der Waals surface area (Å²) < 4.78 is 0. The Kier molecular flexibility index (Phi) is 4.64. The van der Waals surface area contributed by atoms with E-state index in [0.29, 0.717) is 19.4 Å². The largest absolute Gasteiger partial charge is 0.390 e. The molecule has 2 saturated heterocycles. The Hall–Kier alpha value is -1.20. The predicted octanol–water partition coefficient (Wildman–Crippen LogP) is 1.03. The number of aliphatic hydroxyl groups excluding tert-OH is 1. The number of carbonyl (C=O) groups excluding carboxylic acids is 2. The molecular weight excluding hydrogens is 280 g/mol. The standard InChI is InChI=1S/C17H26N2O3/c1-12-6-8-18(9-7-12)10-13(20)11-19-16(21)14-4-2-3-5-15(14)17(19)22/h2-3,12-15,20H,4-11H2,1H3/t13-,14+,15+/m0/s1. The van der Waals surface area contributed by atoms with Crippen molar-refractivity contribution in [2.75, 3.05) is 26.2 Å². The molecule has 0 saturated carbocycles. The number of rotatable bonds is 4. The van der Waals surface area contributed by atoms with Crippen molar-refractivity contribution in [3.63, 3.8) is 0 Å². The number of hydrogen-bond donors (Lipinski definition) is 1. The fourth-order valence-corrected chi connectivity index (χ4v) is 3.86. The molecule has 0 aromatic rings. The average molecular weight is 306 g/mol. The molecule has 0 unspecified atom stereocenters. The van der Waals surface area contributed by atoms with Crippen LogP contribution in [-0.4, -0.2) is 59.0 Å². The summed E-state index contributed by atoms with van der Waals surface area (Å²) in [5.41, 5.74) is 0. The fraction of sp³-hybridized carbons (Fsp3) is 0.765. The molecule has 0 aromatic carbocycles. The lowest BCUT2D eigenvalue weighted by Gasteiger charge is -2.32. The second-order valence-corrected chi connectivity index (χ2v) is 7.08. The summed E-state index contributed by atoms with van der Waals surface area (Å²) in [5, 5.41) is 10.3. The molecule has 122 valence electrons. The van der Waals surface area contributed by atoms with E-state index < -0.39 is 6.10 Å². The predicted molar refractivity (Wildman–Crippen MR) is 82.9 cm³/mol. The molecule has 2 fully saturated rings. The third-order valence-corrected chi connectivity index (χ3v) is 5.34. The van der Waals surface area contributed by atoms with Crippen LogP contribution in [0.25, 0.3) is 0 Å². The smallest absolute Gasteiger partial charge is 0.233 e. The molecule has 5 nitrogen and oxygen atoms in total. The van der Waals surface area contributed by atoms with Crippen molar-refractivity contribution in [1.29, 1.82) is 0 Å². The van der Waals surface area contributed by atoms with Gasteiger partial charge in [0.15, 0.2) is 0 Å². The van der Waals surface area contributed by atoms with Crippen LogP contribution in [0.2, 0.25) is 0 Å². The molecule has 3 atom stereocenters. The Bertz CT molecular complexity index is 443. The van der Waals surface area contributed by atoms with Gasteiger partial charge in [0.25, 0.3) is 0 Å². The van der Waals surface area contributed by atoms with E-state index in [-0.39, 0.29) is 30.2 Å². The number of nitrogens with zero attached hydrogens (tertiary/aromatic N) is 2. The number of piperidine rings is 1. The van der Waals surface area contributed by atoms with Crippen LogP contribution in [0, 0.1) is 17.8 Å². The molecule has 5 heteroatoms. The van der Waals surface area contributed by atoms with Crippen LogP contribution >= 0.6 is 0 Å². The zero-order valence-corrected chi connectivity index (χ0v) is 13.3. The van der Waals surface area contributed by atoms with Crippen LogP contribution in [0.5, 0.6) is 0 Å². The number of aliphatic hydroxyl groups is 1. The summed E-state index contributed by atoms with van der Waals surface area (Å²) >= 11 is 0. The number of amides is 2. The first kappa shape index (κ1) is 15.7. The first-order chi connectivity index (χ1) is 10.6. The second-order valence-electron chi connectivity index (χ2n) is 7.08. The molecule has 1 aliphatic carbocycles. The third-order valence-electron chi connectivity index (χ3n) is 5.34. The van der Waals surface area contributed by atoms with Gasteiger partial charge >= 0.3 is 0 Å². The molecular formula is C17H26N2O3. The van der Waals surface area contributed by atoms with Crippen molar-refractivity contribution in [2.24, 2.45) is 17.8 Å². The minimum absolute atomic E-state index is 0.0920. The number of carbonyl (C=O) groups is 2. The average Bonchev–Trinajstić information content (AvgIpc) is 2.75. The Balaban J connectivity index is 1.54. The number of hydrogen-bond acceptors (Lipinski definition) is 4. The summed E-state index contributed by atoms with van der Waals surface area (Å²) in [4.78, 5) is 28.3. The monoisotopic (exact) mass is 306 g/mol. The number of likely N-dealkylation sites (tertiary alicyclic amines) is 2. The van der Waals surface area contributed by atoms with Gasteiger partial charge < -0.3 is 10.0 Å². The van der Waals surface area contributed by atoms with Crippen molar-refractivity contribution in [1.82, 2.24) is 9.80 Å². The van der Waals surface area contributed by atoms with E-state index in [1.165, 1.54) is 4.90 Å². The molecule has 3 rings (SSSR count). The number of imide groups is 1. The molecule has 0 aromatic heterocycles. The normalized spacial score (nSPS) is 31.6. The van der Waals surface area contributed by atoms with Gasteiger partial charge in [-0.1, -0.05) is 19.1 Å². The summed E-state index contributed by atoms with van der Waals surface area (Å²) in [5.74, 6) is 0.183. The van der Waals surface area contributed by atoms with Crippen LogP contribution in [0.1, 0.15) is 32.6 Å². The third kappa shape index (κ3) is 3.10. The van der Waals surface area contributed by atoms with Crippen LogP contribution in [0.3, 0.4) is 0 Å². The Labute approximate surface area is 132 Å². The zero-order valence-electron chi connectivity index (χ0n) is 13.3. The molecule has 0 radical (unpaired) electrons. The van der Waals surface area contributed by atoms with Gasteiger partial charge in [-0.2, -0.15) is 0 Å². The Morgan fingerprint density at radius 3 is 2.18 bits per heavy atom. The minimum Gasteiger partial charge on any atom is -0.390 e. The zero-order chi connectivity index (χ0) is 15.7. The molecule has 1 N–H and O–H groups in total. The summed E-state index contributed by atoms with van der Waals surface area (Å²) in [6, 6.07) is 0. The summed E-state index contributed by atoms with van der Waals surface area (Å²) in [6.45, 7) is 4.95. The van der Waals surface area contributed by atoms with Gasteiger partial charge in [-0.25, -0.2) is 0 Å². The highest BCUT2D eigenvalue weighted by Crippen LogP contribution is 2.35. The van der Waals surface area contributed by atoms with E-state index in [2.05, 4.69) is 11.8 Å². The lowest BCUT2D eigenvalue weighted by Crippen LogP contribution is -2.45. The van der Waals surface area contributed by atoms with Crippen LogP contribution < -0.4 is 0 Å². The maximum Gasteiger partial charge on any atom is 0.233 e. The lowest BCUT2D eigenvalue weighted by molar-refractivity contribution is -0.141. The number of β-amino-alcohol motifs (C(OH)–C–C–N with tert-alkyl or cyclic N) is 1. The van der Waals surface area contributed by atoms with E-state index in [1.54, 1.807) is 0 Å². The van der Waals surface area contributed by atoms with Gasteiger partial charge in [-0.05, 0) is 44.7 Å². The van der Waals surface area contributed by atoms with Gasteiger partial charge in [0.1, 0.15) is 0 Å². The van der Waals surface area contributed by atoms with Gasteiger partial charge in [0.2, 0.25) is 11.8 Å². The van der Waals surface area contributed by atoms with Crippen molar-refractivity contribution < 1.29 is 14.7 Å². The van der Waals surface area contributed by atoms with E-state index in [9.17, 15) is 14.7 Å². The van der Waals surface area contributed by atoms with Crippen LogP contribution in [0.15, 0.2) is 12.2 Å². The van der Waals surface area contributed by atoms with E-state index in [0.717, 1.165) is 31.8 Å². The maximum atomic E-state index is 12.4. The highest BCUT2D eigenvalue weighted by atomic mass is 16.3. The quantitative estimate of drug-likeness (QED) is 0.622. The minimum atomic E-state index is -0.644. The Morgan fingerprint density at radius 2 is 1.64 bits per heavy atom. The van der Waals surface area contributed by atoms with Gasteiger partial charge in [0, 0.05) is 6.54 Å². The first-order valence-corrected chi connectivity index (χ1v) is 8.47. The van der Waals surface area contributed by atoms with Gasteiger partial charge in [-0.15, -0.1) is 0 Å². The molecule has 2 aliphatic heterocycles. The Morgan fingerprint density at radius 1 is 1.09 bits per heavy atom. The van der Waals surface area contributed by atoms with Gasteiger partial charge in [0.05, 0.1) is 24.5 Å². The van der Waals surface area contributed by atoms with E-state index >= 15 is 0 Å². The number of allylic oxidation sites excluding steroid dienone is 2. The lowest BCUT2D eigenvalue weighted by atomic mass is 9.85. The summed E-state index contributed by atoms with van der Waals surface area (Å²) in [6.07, 6.45) is 6.96. The molecule has 0 spiro atoms. The highest BCUT2D eigenvalue weighted by Gasteiger charge is 2.47. The summed E-state index contributed by atoms with van der Waals surface area (Å²) in [7, 11) is 0. The van der Waals surface area contributed by atoms with E-state index in [1.807, 2.05) is 12.2 Å². The molecule has 3 aliphatic rings. The van der Waals surface area contributed by atoms with Crippen molar-refractivity contribution in [3.05, 3.63) is 12.2 Å². The van der Waals surface area contributed by atoms with Gasteiger partial charge in [-0.3, -0.25) is 14.5 Å². The van der Waals surface area contributed by atoms with Crippen molar-refractivity contribution in [3.8, 4) is 0 Å². The van der Waals surface area contributed by atoms with E-state index in [4.69, 9.17) is 0 Å². The fourth-order valence-electron chi connectivity index (χ4n) is 3.86. The maximum absolute atomic E-state index is 12.4. The number of fused-ring (bicyclic) bond motifs is 1. The molecule has 2 amide bonds. The van der Waals surface area contributed by atoms with Crippen LogP contribution in [-0.2, 0) is 9.59 Å². The first-order valence-electron chi connectivity index (χ1n) is 8.47. The second kappa shape index (κ2) is 6.50. The highest BCUT2D eigenvalue weighted by molar-refractivity contribution is 6.05. The topological polar surface area (TPSA) is 60.9 Å². The molecule has 2 heterocycles. The van der Waals surface area contributed by atoms with Crippen molar-refractivity contribution in [2.45, 2.75) is 38.7 Å². The van der Waals surface area contributed by atoms with Crippen LogP contribution in [0.4, 0.5) is 0 Å². The molecule has 22 heavy (non-hydrogen) atoms. The molecule has 0 bridgehead atoms.